The van der Waals surface area contributed by atoms with E-state index in [1.165, 1.54) is 0 Å². The van der Waals surface area contributed by atoms with Crippen molar-refractivity contribution in [1.82, 2.24) is 0 Å². The zero-order valence-electron chi connectivity index (χ0n) is 13.8. The fourth-order valence-corrected chi connectivity index (χ4v) is 0.941. The average Bonchev–Trinajstić information content (AvgIpc) is 2.51. The molecule has 0 amide bonds. The molecule has 0 rings (SSSR count). The third kappa shape index (κ3) is 18.2. The molecule has 0 aliphatic carbocycles. The molecule has 0 saturated heterocycles. The highest BCUT2D eigenvalue weighted by atomic mass is 16.4. The van der Waals surface area contributed by atoms with Crippen molar-refractivity contribution in [2.24, 2.45) is 5.92 Å². The van der Waals surface area contributed by atoms with Crippen molar-refractivity contribution in [3.05, 3.63) is 37.0 Å². The van der Waals surface area contributed by atoms with Crippen molar-refractivity contribution in [2.45, 2.75) is 12.8 Å². The molecule has 0 aliphatic rings. The van der Waals surface area contributed by atoms with Gasteiger partial charge in [-0.1, -0.05) is 19.7 Å². The molecule has 27 heavy (non-hydrogen) atoms. The van der Waals surface area contributed by atoms with E-state index < -0.39 is 60.1 Å². The second kappa shape index (κ2) is 14.4. The van der Waals surface area contributed by atoms with Crippen LogP contribution in [0.1, 0.15) is 12.8 Å². The van der Waals surface area contributed by atoms with Gasteiger partial charge in [-0.15, -0.1) is 0 Å². The van der Waals surface area contributed by atoms with Crippen LogP contribution >= 0.6 is 0 Å². The molecule has 150 valence electrons. The number of hydrogen-bond donors (Lipinski definition) is 6. The first-order valence-corrected chi connectivity index (χ1v) is 6.52. The van der Waals surface area contributed by atoms with Crippen molar-refractivity contribution >= 4 is 35.8 Å². The topological polar surface area (TPSA) is 224 Å². The normalized spacial score (nSPS) is 9.63. The van der Waals surface area contributed by atoms with Crippen molar-refractivity contribution in [3.63, 3.8) is 0 Å². The molecule has 12 heteroatoms. The summed E-state index contributed by atoms with van der Waals surface area (Å²) < 4.78 is 0. The first-order valence-electron chi connectivity index (χ1n) is 6.52. The highest BCUT2D eigenvalue weighted by Gasteiger charge is 2.27. The van der Waals surface area contributed by atoms with Gasteiger partial charge in [-0.3, -0.25) is 14.4 Å². The van der Waals surface area contributed by atoms with Gasteiger partial charge >= 0.3 is 35.8 Å². The van der Waals surface area contributed by atoms with Crippen molar-refractivity contribution in [3.8, 4) is 0 Å². The van der Waals surface area contributed by atoms with E-state index in [4.69, 9.17) is 30.6 Å². The smallest absolute Gasteiger partial charge is 0.331 e. The fourth-order valence-electron chi connectivity index (χ4n) is 0.941. The first kappa shape index (κ1) is 27.9. The Labute approximate surface area is 152 Å². The zero-order chi connectivity index (χ0) is 22.3. The monoisotopic (exact) mass is 390 g/mol. The van der Waals surface area contributed by atoms with Crippen LogP contribution in [0.2, 0.25) is 0 Å². The summed E-state index contributed by atoms with van der Waals surface area (Å²) in [4.78, 5) is 59.7. The minimum Gasteiger partial charge on any atom is -0.481 e. The highest BCUT2D eigenvalue weighted by molar-refractivity contribution is 5.95. The van der Waals surface area contributed by atoms with E-state index in [2.05, 4.69) is 19.7 Å². The summed E-state index contributed by atoms with van der Waals surface area (Å²) in [5.41, 5.74) is -0.933. The Hall–Kier alpha value is -3.96. The van der Waals surface area contributed by atoms with Crippen LogP contribution in [0, 0.1) is 5.92 Å². The van der Waals surface area contributed by atoms with Crippen LogP contribution in [0.4, 0.5) is 0 Å². The van der Waals surface area contributed by atoms with Gasteiger partial charge in [0.05, 0.1) is 18.8 Å². The van der Waals surface area contributed by atoms with Gasteiger partial charge in [-0.05, 0) is 0 Å². The molecule has 1 unspecified atom stereocenters. The molecule has 1 atom stereocenters. The van der Waals surface area contributed by atoms with Crippen molar-refractivity contribution in [1.29, 1.82) is 0 Å². The van der Waals surface area contributed by atoms with Crippen molar-refractivity contribution < 1.29 is 59.4 Å². The lowest BCUT2D eigenvalue weighted by Gasteiger charge is -2.08. The first-order chi connectivity index (χ1) is 12.2. The summed E-state index contributed by atoms with van der Waals surface area (Å²) in [6.45, 7) is 8.96. The summed E-state index contributed by atoms with van der Waals surface area (Å²) in [5, 5.41) is 48.8. The van der Waals surface area contributed by atoms with Crippen LogP contribution in [0.25, 0.3) is 0 Å². The third-order valence-corrected chi connectivity index (χ3v) is 2.21. The molecule has 0 radical (unpaired) electrons. The number of rotatable bonds is 9. The Bertz CT molecular complexity index is 643. The SMILES string of the molecule is C=C(C(=O)O)C(CC(=O)O)C(=O)O.C=C(CC(=O)O)C(=O)O.C=CC(=O)O. The molecule has 0 aromatic heterocycles. The maximum absolute atomic E-state index is 10.4. The minimum atomic E-state index is -1.57. The quantitative estimate of drug-likeness (QED) is 0.289. The van der Waals surface area contributed by atoms with E-state index in [-0.39, 0.29) is 5.57 Å². The number of carbonyl (C=O) groups is 6. The number of carboxylic acid groups (broad SMARTS) is 6. The fraction of sp³-hybridized carbons (Fsp3) is 0.200. The molecule has 0 aromatic carbocycles. The average molecular weight is 390 g/mol. The van der Waals surface area contributed by atoms with Gasteiger partial charge in [0.25, 0.3) is 0 Å². The zero-order valence-corrected chi connectivity index (χ0v) is 13.8. The summed E-state index contributed by atoms with van der Waals surface area (Å²) in [6.07, 6.45) is -0.449. The summed E-state index contributed by atoms with van der Waals surface area (Å²) in [5.74, 6) is -9.39. The predicted octanol–water partition coefficient (Wildman–Crippen LogP) is 0.162. The Morgan fingerprint density at radius 1 is 0.778 bits per heavy atom. The van der Waals surface area contributed by atoms with Gasteiger partial charge in [0, 0.05) is 17.2 Å². The van der Waals surface area contributed by atoms with Gasteiger partial charge < -0.3 is 30.6 Å². The van der Waals surface area contributed by atoms with Gasteiger partial charge in [0.15, 0.2) is 0 Å². The molecular formula is C15H18O12. The van der Waals surface area contributed by atoms with Crippen LogP contribution in [0.15, 0.2) is 37.0 Å². The second-order valence-electron chi connectivity index (χ2n) is 4.34. The number of carboxylic acids is 6. The van der Waals surface area contributed by atoms with Crippen LogP contribution in [0.5, 0.6) is 0 Å². The van der Waals surface area contributed by atoms with Gasteiger partial charge in [0.1, 0.15) is 0 Å². The minimum absolute atomic E-state index is 0.303. The van der Waals surface area contributed by atoms with E-state index in [1.54, 1.807) is 0 Å². The standard InChI is InChI=1S/C7H8O6.C5H6O4.C3H4O2/c1-3(6(10)11)4(7(12)13)2-5(8)9;1-3(5(8)9)2-4(6)7;1-2-3(4)5/h4H,1-2H2,(H,8,9)(H,10,11)(H,12,13);1-2H2,(H,6,7)(H,8,9);2H,1H2,(H,4,5). The number of hydrogen-bond acceptors (Lipinski definition) is 6. The van der Waals surface area contributed by atoms with Gasteiger partial charge in [-0.25, -0.2) is 14.4 Å². The maximum Gasteiger partial charge on any atom is 0.331 e. The molecule has 0 saturated carbocycles. The lowest BCUT2D eigenvalue weighted by molar-refractivity contribution is -0.148. The van der Waals surface area contributed by atoms with Crippen molar-refractivity contribution in [2.75, 3.05) is 0 Å². The largest absolute Gasteiger partial charge is 0.481 e. The van der Waals surface area contributed by atoms with Gasteiger partial charge in [-0.2, -0.15) is 0 Å². The Morgan fingerprint density at radius 3 is 1.33 bits per heavy atom. The molecule has 0 heterocycles. The molecule has 0 fully saturated rings. The lowest BCUT2D eigenvalue weighted by atomic mass is 9.97. The van der Waals surface area contributed by atoms with Gasteiger partial charge in [0.2, 0.25) is 0 Å². The summed E-state index contributed by atoms with van der Waals surface area (Å²) in [6, 6.07) is 0. The highest BCUT2D eigenvalue weighted by Crippen LogP contribution is 2.14. The predicted molar refractivity (Wildman–Crippen MR) is 87.0 cm³/mol. The molecule has 0 aliphatic heterocycles. The van der Waals surface area contributed by atoms with Crippen LogP contribution in [-0.4, -0.2) is 66.5 Å². The number of aliphatic carboxylic acids is 6. The van der Waals surface area contributed by atoms with E-state index in [9.17, 15) is 28.8 Å². The lowest BCUT2D eigenvalue weighted by Crippen LogP contribution is -2.23. The molecule has 0 bridgehead atoms. The molecule has 0 spiro atoms. The second-order valence-corrected chi connectivity index (χ2v) is 4.34. The maximum atomic E-state index is 10.4. The molecule has 12 nitrogen and oxygen atoms in total. The van der Waals surface area contributed by atoms with Crippen LogP contribution in [0.3, 0.4) is 0 Å². The van der Waals surface area contributed by atoms with E-state index >= 15 is 0 Å². The Kier molecular flexibility index (Phi) is 14.9. The third-order valence-electron chi connectivity index (χ3n) is 2.21. The summed E-state index contributed by atoms with van der Waals surface area (Å²) >= 11 is 0. The summed E-state index contributed by atoms with van der Waals surface area (Å²) in [7, 11) is 0. The van der Waals surface area contributed by atoms with E-state index in [0.717, 1.165) is 6.08 Å². The molecule has 0 aromatic rings. The Balaban J connectivity index is -0.000000356. The van der Waals surface area contributed by atoms with Crippen LogP contribution < -0.4 is 0 Å². The molecule has 6 N–H and O–H groups in total. The Morgan fingerprint density at radius 2 is 1.19 bits per heavy atom. The van der Waals surface area contributed by atoms with Crippen LogP contribution in [-0.2, 0) is 28.8 Å². The molecular weight excluding hydrogens is 372 g/mol. The van der Waals surface area contributed by atoms with E-state index in [1.807, 2.05) is 0 Å². The van der Waals surface area contributed by atoms with E-state index in [0.29, 0.717) is 0 Å².